The van der Waals surface area contributed by atoms with Crippen molar-refractivity contribution < 1.29 is 14.6 Å². The van der Waals surface area contributed by atoms with E-state index < -0.39 is 0 Å². The van der Waals surface area contributed by atoms with Gasteiger partial charge in [-0.3, -0.25) is 4.79 Å². The van der Waals surface area contributed by atoms with Crippen LogP contribution in [-0.4, -0.2) is 42.5 Å². The Morgan fingerprint density at radius 2 is 1.31 bits per heavy atom. The average Bonchev–Trinajstić information content (AvgIpc) is 2.90. The number of ketones is 1. The maximum atomic E-state index is 12.4. The molecule has 0 saturated heterocycles. The Balaban J connectivity index is 0.000000548. The Morgan fingerprint density at radius 3 is 1.86 bits per heavy atom. The molecule has 2 rings (SSSR count). The smallest absolute Gasteiger partial charge is 0.196 e. The van der Waals surface area contributed by atoms with Gasteiger partial charge in [-0.05, 0) is 51.5 Å². The van der Waals surface area contributed by atoms with Crippen molar-refractivity contribution in [2.24, 2.45) is 0 Å². The van der Waals surface area contributed by atoms with Gasteiger partial charge in [0.15, 0.2) is 5.78 Å². The number of carbonyl (C=O) groups excluding carboxylic acids is 1. The Kier molecular flexibility index (Phi) is 18.3. The second kappa shape index (κ2) is 20.8. The van der Waals surface area contributed by atoms with E-state index >= 15 is 0 Å². The first kappa shape index (κ1) is 31.7. The third kappa shape index (κ3) is 14.3. The van der Waals surface area contributed by atoms with Gasteiger partial charge in [-0.1, -0.05) is 109 Å². The first-order chi connectivity index (χ1) is 17.5. The fraction of sp³-hybridized carbons (Fsp3) is 0.594. The topological polar surface area (TPSA) is 49.8 Å². The van der Waals surface area contributed by atoms with E-state index in [1.165, 1.54) is 89.8 Å². The summed E-state index contributed by atoms with van der Waals surface area (Å²) in [6.45, 7) is 9.91. The van der Waals surface area contributed by atoms with Crippen LogP contribution in [0, 0.1) is 0 Å². The van der Waals surface area contributed by atoms with Gasteiger partial charge in [-0.2, -0.15) is 0 Å². The molecular weight excluding hydrogens is 446 g/mol. The van der Waals surface area contributed by atoms with E-state index in [0.29, 0.717) is 23.5 Å². The normalized spacial score (nSPS) is 10.7. The largest absolute Gasteiger partial charge is 0.507 e. The molecule has 0 fully saturated rings. The molecule has 0 heterocycles. The van der Waals surface area contributed by atoms with E-state index in [2.05, 4.69) is 32.7 Å². The second-order valence-electron chi connectivity index (χ2n) is 9.71. The summed E-state index contributed by atoms with van der Waals surface area (Å²) in [4.78, 5) is 14.8. The van der Waals surface area contributed by atoms with Crippen LogP contribution >= 0.6 is 0 Å². The number of unbranched alkanes of at least 4 members (excludes halogenated alkanes) is 9. The number of carbonyl (C=O) groups is 1. The van der Waals surface area contributed by atoms with Gasteiger partial charge < -0.3 is 14.7 Å². The zero-order valence-electron chi connectivity index (χ0n) is 23.4. The average molecular weight is 498 g/mol. The minimum atomic E-state index is -0.183. The molecule has 0 saturated carbocycles. The van der Waals surface area contributed by atoms with Crippen molar-refractivity contribution in [3.8, 4) is 11.5 Å². The SMILES string of the molecule is CCCCCCCCCCOc1ccc(C(=O)c2ccccc2)c(O)c1.CCCCN(C)CCCC. The number of phenolic OH excluding ortho intramolecular Hbond substituents is 1. The molecule has 202 valence electrons. The fourth-order valence-corrected chi connectivity index (χ4v) is 3.93. The molecule has 0 aliphatic heterocycles. The van der Waals surface area contributed by atoms with E-state index in [1.807, 2.05) is 18.2 Å². The van der Waals surface area contributed by atoms with Crippen LogP contribution in [0.2, 0.25) is 0 Å². The predicted octanol–water partition coefficient (Wildman–Crippen LogP) is 8.66. The molecule has 4 heteroatoms. The van der Waals surface area contributed by atoms with Crippen LogP contribution in [0.3, 0.4) is 0 Å². The number of nitrogens with zero attached hydrogens (tertiary/aromatic N) is 1. The molecule has 0 bridgehead atoms. The lowest BCUT2D eigenvalue weighted by atomic mass is 10.0. The first-order valence-corrected chi connectivity index (χ1v) is 14.3. The predicted molar refractivity (Wildman–Crippen MR) is 153 cm³/mol. The van der Waals surface area contributed by atoms with E-state index in [9.17, 15) is 9.90 Å². The third-order valence-corrected chi connectivity index (χ3v) is 6.30. The highest BCUT2D eigenvalue weighted by Crippen LogP contribution is 2.26. The summed E-state index contributed by atoms with van der Waals surface area (Å²) in [5.41, 5.74) is 0.867. The van der Waals surface area contributed by atoms with Gasteiger partial charge in [0.25, 0.3) is 0 Å². The molecule has 0 spiro atoms. The lowest BCUT2D eigenvalue weighted by Gasteiger charge is -2.14. The van der Waals surface area contributed by atoms with Crippen LogP contribution in [0.4, 0.5) is 0 Å². The van der Waals surface area contributed by atoms with Crippen molar-refractivity contribution >= 4 is 5.78 Å². The van der Waals surface area contributed by atoms with Gasteiger partial charge in [0.2, 0.25) is 0 Å². The molecule has 0 unspecified atom stereocenters. The quantitative estimate of drug-likeness (QED) is 0.165. The van der Waals surface area contributed by atoms with Gasteiger partial charge in [0, 0.05) is 11.6 Å². The number of phenols is 1. The van der Waals surface area contributed by atoms with E-state index in [-0.39, 0.29) is 11.5 Å². The Hall–Kier alpha value is -2.33. The van der Waals surface area contributed by atoms with E-state index in [1.54, 1.807) is 24.3 Å². The van der Waals surface area contributed by atoms with Crippen LogP contribution < -0.4 is 4.74 Å². The zero-order valence-corrected chi connectivity index (χ0v) is 23.4. The fourth-order valence-electron chi connectivity index (χ4n) is 3.93. The summed E-state index contributed by atoms with van der Waals surface area (Å²) < 4.78 is 5.70. The lowest BCUT2D eigenvalue weighted by molar-refractivity contribution is 0.103. The zero-order chi connectivity index (χ0) is 26.4. The molecule has 36 heavy (non-hydrogen) atoms. The number of hydrogen-bond acceptors (Lipinski definition) is 4. The molecule has 1 N–H and O–H groups in total. The number of benzene rings is 2. The summed E-state index contributed by atoms with van der Waals surface area (Å²) in [7, 11) is 2.21. The van der Waals surface area contributed by atoms with Crippen molar-refractivity contribution in [2.45, 2.75) is 97.8 Å². The first-order valence-electron chi connectivity index (χ1n) is 14.3. The van der Waals surface area contributed by atoms with Gasteiger partial charge in [0.05, 0.1) is 12.2 Å². The molecule has 0 amide bonds. The third-order valence-electron chi connectivity index (χ3n) is 6.30. The van der Waals surface area contributed by atoms with E-state index in [0.717, 1.165) is 6.42 Å². The van der Waals surface area contributed by atoms with Crippen LogP contribution in [0.25, 0.3) is 0 Å². The molecule has 0 aromatic heterocycles. The highest BCUT2D eigenvalue weighted by Gasteiger charge is 2.14. The molecule has 0 atom stereocenters. The monoisotopic (exact) mass is 497 g/mol. The minimum Gasteiger partial charge on any atom is -0.507 e. The van der Waals surface area contributed by atoms with Gasteiger partial charge in [-0.25, -0.2) is 0 Å². The molecule has 0 aliphatic carbocycles. The van der Waals surface area contributed by atoms with Crippen molar-refractivity contribution in [1.29, 1.82) is 0 Å². The summed E-state index contributed by atoms with van der Waals surface area (Å²) in [6.07, 6.45) is 15.4. The summed E-state index contributed by atoms with van der Waals surface area (Å²) >= 11 is 0. The molecule has 0 aliphatic rings. The molecule has 2 aromatic carbocycles. The number of ether oxygens (including phenoxy) is 1. The Bertz CT molecular complexity index is 798. The van der Waals surface area contributed by atoms with Crippen molar-refractivity contribution in [1.82, 2.24) is 4.90 Å². The Morgan fingerprint density at radius 1 is 0.750 bits per heavy atom. The maximum absolute atomic E-state index is 12.4. The van der Waals surface area contributed by atoms with Crippen molar-refractivity contribution in [2.75, 3.05) is 26.7 Å². The molecule has 0 radical (unpaired) electrons. The van der Waals surface area contributed by atoms with Crippen LogP contribution in [-0.2, 0) is 0 Å². The van der Waals surface area contributed by atoms with Gasteiger partial charge >= 0.3 is 0 Å². The number of hydrogen-bond donors (Lipinski definition) is 1. The number of aromatic hydroxyl groups is 1. The Labute approximate surface area is 221 Å². The lowest BCUT2D eigenvalue weighted by Crippen LogP contribution is -2.20. The van der Waals surface area contributed by atoms with Crippen molar-refractivity contribution in [3.05, 3.63) is 59.7 Å². The molecular formula is C32H51NO3. The molecule has 2 aromatic rings. The maximum Gasteiger partial charge on any atom is 0.196 e. The van der Waals surface area contributed by atoms with Crippen LogP contribution in [0.15, 0.2) is 48.5 Å². The van der Waals surface area contributed by atoms with Gasteiger partial charge in [-0.15, -0.1) is 0 Å². The molecule has 4 nitrogen and oxygen atoms in total. The highest BCUT2D eigenvalue weighted by atomic mass is 16.5. The van der Waals surface area contributed by atoms with E-state index in [4.69, 9.17) is 4.74 Å². The second-order valence-corrected chi connectivity index (χ2v) is 9.71. The minimum absolute atomic E-state index is 0.0349. The summed E-state index contributed by atoms with van der Waals surface area (Å²) in [5.74, 6) is 0.389. The van der Waals surface area contributed by atoms with Crippen LogP contribution in [0.5, 0.6) is 11.5 Å². The summed E-state index contributed by atoms with van der Waals surface area (Å²) in [6, 6.07) is 13.9. The number of rotatable bonds is 18. The standard InChI is InChI=1S/C23H30O3.C9H21N/c1-2-3-4-5-6-7-8-12-17-26-20-15-16-21(22(24)18-20)23(25)19-13-10-9-11-14-19;1-4-6-8-10(3)9-7-5-2/h9-11,13-16,18,24H,2-8,12,17H2,1H3;4-9H2,1-3H3. The highest BCUT2D eigenvalue weighted by molar-refractivity contribution is 6.10. The van der Waals surface area contributed by atoms with Crippen LogP contribution in [0.1, 0.15) is 114 Å². The summed E-state index contributed by atoms with van der Waals surface area (Å²) in [5, 5.41) is 10.2. The van der Waals surface area contributed by atoms with Crippen molar-refractivity contribution in [3.63, 3.8) is 0 Å². The van der Waals surface area contributed by atoms with Gasteiger partial charge in [0.1, 0.15) is 11.5 Å².